The summed E-state index contributed by atoms with van der Waals surface area (Å²) in [7, 11) is 1.43. The second-order valence-electron chi connectivity index (χ2n) is 10.3. The minimum Gasteiger partial charge on any atom is -0.469 e. The van der Waals surface area contributed by atoms with E-state index in [1.54, 1.807) is 0 Å². The molecular weight excluding hydrogens is 423 g/mol. The van der Waals surface area contributed by atoms with Gasteiger partial charge in [0.1, 0.15) is 6.17 Å². The zero-order chi connectivity index (χ0) is 23.6. The maximum Gasteiger partial charge on any atom is 0.305 e. The second kappa shape index (κ2) is 13.8. The van der Waals surface area contributed by atoms with Crippen molar-refractivity contribution >= 4 is 5.97 Å². The SMILES string of the molecule is CCCCC(F)C(O)CC[C@@H]1[C@H]2CC(=CCCCC(=O)OC)C[C@H]2C[C@H]1OC1CCCCO1. The lowest BCUT2D eigenvalue weighted by Gasteiger charge is -2.31. The molecule has 6 heteroatoms. The predicted octanol–water partition coefficient (Wildman–Crippen LogP) is 5.88. The molecule has 0 radical (unpaired) electrons. The standard InChI is InChI=1S/C27H45FO5/c1-3-4-10-23(28)24(29)14-13-21-22-17-19(9-5-6-11-26(30)31-2)16-20(22)18-25(21)33-27-12-7-8-15-32-27/h9,20-25,27,29H,3-8,10-18H2,1-2H3/t20-,21+,22-,23?,24?,25+,27?/m0/s1. The molecule has 1 heterocycles. The normalized spacial score (nSPS) is 32.6. The van der Waals surface area contributed by atoms with E-state index in [2.05, 4.69) is 6.08 Å². The minimum absolute atomic E-state index is 0.109. The lowest BCUT2D eigenvalue weighted by atomic mass is 9.86. The summed E-state index contributed by atoms with van der Waals surface area (Å²) in [5, 5.41) is 10.4. The zero-order valence-electron chi connectivity index (χ0n) is 20.7. The number of carbonyl (C=O) groups excluding carboxylic acids is 1. The summed E-state index contributed by atoms with van der Waals surface area (Å²) in [5.74, 6) is 1.32. The fourth-order valence-corrected chi connectivity index (χ4v) is 6.08. The first-order chi connectivity index (χ1) is 16.0. The predicted molar refractivity (Wildman–Crippen MR) is 126 cm³/mol. The van der Waals surface area contributed by atoms with Gasteiger partial charge in [0, 0.05) is 13.0 Å². The molecule has 0 aromatic heterocycles. The number of aliphatic hydroxyl groups is 1. The largest absolute Gasteiger partial charge is 0.469 e. The topological polar surface area (TPSA) is 65.0 Å². The van der Waals surface area contributed by atoms with Gasteiger partial charge in [0.25, 0.3) is 0 Å². The molecule has 1 saturated heterocycles. The zero-order valence-corrected chi connectivity index (χ0v) is 20.7. The van der Waals surface area contributed by atoms with Gasteiger partial charge in [-0.25, -0.2) is 4.39 Å². The number of methoxy groups -OCH3 is 1. The van der Waals surface area contributed by atoms with Gasteiger partial charge in [-0.3, -0.25) is 4.79 Å². The molecule has 0 amide bonds. The van der Waals surface area contributed by atoms with Gasteiger partial charge in [-0.05, 0) is 88.4 Å². The highest BCUT2D eigenvalue weighted by atomic mass is 19.1. The Morgan fingerprint density at radius 2 is 2.12 bits per heavy atom. The van der Waals surface area contributed by atoms with E-state index < -0.39 is 12.3 Å². The molecule has 2 aliphatic carbocycles. The van der Waals surface area contributed by atoms with Gasteiger partial charge in [0.05, 0.1) is 19.3 Å². The summed E-state index contributed by atoms with van der Waals surface area (Å²) in [6.07, 6.45) is 12.4. The molecule has 0 aromatic carbocycles. The number of aliphatic hydroxyl groups excluding tert-OH is 1. The van der Waals surface area contributed by atoms with Crippen LogP contribution >= 0.6 is 0 Å². The van der Waals surface area contributed by atoms with E-state index in [-0.39, 0.29) is 18.4 Å². The van der Waals surface area contributed by atoms with Crippen LogP contribution in [0.2, 0.25) is 0 Å². The molecular formula is C27H45FO5. The van der Waals surface area contributed by atoms with Crippen molar-refractivity contribution in [2.24, 2.45) is 17.8 Å². The van der Waals surface area contributed by atoms with Crippen molar-refractivity contribution in [2.45, 2.75) is 121 Å². The fraction of sp³-hybridized carbons (Fsp3) is 0.889. The molecule has 0 bridgehead atoms. The number of unbranched alkanes of at least 4 members (excludes halogenated alkanes) is 2. The summed E-state index contributed by atoms with van der Waals surface area (Å²) >= 11 is 0. The Labute approximate surface area is 199 Å². The number of rotatable bonds is 13. The van der Waals surface area contributed by atoms with Crippen molar-refractivity contribution < 1.29 is 28.5 Å². The number of hydrogen-bond acceptors (Lipinski definition) is 5. The molecule has 33 heavy (non-hydrogen) atoms. The molecule has 1 N–H and O–H groups in total. The molecule has 3 aliphatic rings. The van der Waals surface area contributed by atoms with Crippen molar-refractivity contribution in [1.82, 2.24) is 0 Å². The number of alkyl halides is 1. The molecule has 5 nitrogen and oxygen atoms in total. The Morgan fingerprint density at radius 3 is 2.85 bits per heavy atom. The van der Waals surface area contributed by atoms with Gasteiger partial charge in [-0.1, -0.05) is 31.4 Å². The van der Waals surface area contributed by atoms with Crippen LogP contribution < -0.4 is 0 Å². The molecule has 7 atom stereocenters. The first kappa shape index (κ1) is 26.6. The van der Waals surface area contributed by atoms with Crippen LogP contribution in [0.15, 0.2) is 11.6 Å². The first-order valence-electron chi connectivity index (χ1n) is 13.4. The van der Waals surface area contributed by atoms with Gasteiger partial charge < -0.3 is 19.3 Å². The van der Waals surface area contributed by atoms with Crippen molar-refractivity contribution in [3.63, 3.8) is 0 Å². The van der Waals surface area contributed by atoms with Gasteiger partial charge in [0.15, 0.2) is 6.29 Å². The molecule has 3 fully saturated rings. The molecule has 3 unspecified atom stereocenters. The van der Waals surface area contributed by atoms with E-state index >= 15 is 0 Å². The van der Waals surface area contributed by atoms with Crippen molar-refractivity contribution in [3.8, 4) is 0 Å². The Kier molecular flexibility index (Phi) is 11.1. The third-order valence-electron chi connectivity index (χ3n) is 7.95. The average molecular weight is 469 g/mol. The van der Waals surface area contributed by atoms with Crippen LogP contribution in [0.5, 0.6) is 0 Å². The molecule has 2 saturated carbocycles. The second-order valence-corrected chi connectivity index (χ2v) is 10.3. The fourth-order valence-electron chi connectivity index (χ4n) is 6.08. The van der Waals surface area contributed by atoms with Gasteiger partial charge >= 0.3 is 5.97 Å². The Hall–Kier alpha value is -0.980. The van der Waals surface area contributed by atoms with E-state index in [9.17, 15) is 14.3 Å². The molecule has 190 valence electrons. The summed E-state index contributed by atoms with van der Waals surface area (Å²) in [6.45, 7) is 2.82. The average Bonchev–Trinajstić information content (AvgIpc) is 3.36. The van der Waals surface area contributed by atoms with Gasteiger partial charge in [0.2, 0.25) is 0 Å². The van der Waals surface area contributed by atoms with E-state index in [0.717, 1.165) is 77.2 Å². The molecule has 3 rings (SSSR count). The van der Waals surface area contributed by atoms with Crippen LogP contribution in [0.3, 0.4) is 0 Å². The number of esters is 1. The third kappa shape index (κ3) is 8.03. The lowest BCUT2D eigenvalue weighted by molar-refractivity contribution is -0.196. The highest BCUT2D eigenvalue weighted by molar-refractivity contribution is 5.69. The monoisotopic (exact) mass is 468 g/mol. The maximum absolute atomic E-state index is 14.4. The number of halogens is 1. The van der Waals surface area contributed by atoms with Crippen LogP contribution in [0.1, 0.15) is 96.8 Å². The van der Waals surface area contributed by atoms with Crippen molar-refractivity contribution in [3.05, 3.63) is 11.6 Å². The quantitative estimate of drug-likeness (QED) is 0.208. The van der Waals surface area contributed by atoms with Crippen LogP contribution in [0.25, 0.3) is 0 Å². The third-order valence-corrected chi connectivity index (χ3v) is 7.95. The smallest absolute Gasteiger partial charge is 0.305 e. The highest BCUT2D eigenvalue weighted by Gasteiger charge is 2.48. The van der Waals surface area contributed by atoms with Crippen LogP contribution in [0.4, 0.5) is 4.39 Å². The summed E-state index contributed by atoms with van der Waals surface area (Å²) in [4.78, 5) is 11.3. The summed E-state index contributed by atoms with van der Waals surface area (Å²) in [5.41, 5.74) is 1.49. The highest BCUT2D eigenvalue weighted by Crippen LogP contribution is 2.53. The number of allylic oxidation sites excluding steroid dienone is 2. The van der Waals surface area contributed by atoms with E-state index in [0.29, 0.717) is 37.0 Å². The Balaban J connectivity index is 1.56. The Bertz CT molecular complexity index is 618. The van der Waals surface area contributed by atoms with Crippen LogP contribution in [0, 0.1) is 17.8 Å². The first-order valence-corrected chi connectivity index (χ1v) is 13.4. The number of carbonyl (C=O) groups is 1. The minimum atomic E-state index is -1.13. The van der Waals surface area contributed by atoms with E-state index in [4.69, 9.17) is 14.2 Å². The summed E-state index contributed by atoms with van der Waals surface area (Å²) < 4.78 is 31.4. The van der Waals surface area contributed by atoms with Crippen LogP contribution in [-0.4, -0.2) is 49.5 Å². The summed E-state index contributed by atoms with van der Waals surface area (Å²) in [6, 6.07) is 0. The lowest BCUT2D eigenvalue weighted by Crippen LogP contribution is -2.32. The molecule has 0 spiro atoms. The van der Waals surface area contributed by atoms with Crippen molar-refractivity contribution in [1.29, 1.82) is 0 Å². The van der Waals surface area contributed by atoms with E-state index in [1.165, 1.54) is 12.7 Å². The van der Waals surface area contributed by atoms with E-state index in [1.807, 2.05) is 6.92 Å². The molecule has 1 aliphatic heterocycles. The van der Waals surface area contributed by atoms with Gasteiger partial charge in [-0.15, -0.1) is 0 Å². The van der Waals surface area contributed by atoms with Crippen molar-refractivity contribution in [2.75, 3.05) is 13.7 Å². The number of fused-ring (bicyclic) bond motifs is 1. The number of hydrogen-bond donors (Lipinski definition) is 1. The Morgan fingerprint density at radius 1 is 1.27 bits per heavy atom. The molecule has 0 aromatic rings. The number of ether oxygens (including phenoxy) is 3. The van der Waals surface area contributed by atoms with Gasteiger partial charge in [-0.2, -0.15) is 0 Å². The maximum atomic E-state index is 14.4. The van der Waals surface area contributed by atoms with Crippen LogP contribution in [-0.2, 0) is 19.0 Å².